The second kappa shape index (κ2) is 5.96. The van der Waals surface area contributed by atoms with E-state index in [2.05, 4.69) is 0 Å². The first-order chi connectivity index (χ1) is 9.82. The molecule has 0 bridgehead atoms. The van der Waals surface area contributed by atoms with Crippen molar-refractivity contribution in [2.75, 3.05) is 33.2 Å². The van der Waals surface area contributed by atoms with Crippen molar-refractivity contribution in [2.24, 2.45) is 0 Å². The van der Waals surface area contributed by atoms with Gasteiger partial charge in [0.1, 0.15) is 0 Å². The van der Waals surface area contributed by atoms with Crippen molar-refractivity contribution >= 4 is 15.7 Å². The molecule has 0 aromatic heterocycles. The Bertz CT molecular complexity index is 646. The fourth-order valence-corrected chi connectivity index (χ4v) is 3.71. The molecule has 21 heavy (non-hydrogen) atoms. The summed E-state index contributed by atoms with van der Waals surface area (Å²) >= 11 is 0. The maximum Gasteiger partial charge on any atom is 0.312 e. The molecule has 1 aromatic rings. The fourth-order valence-electron chi connectivity index (χ4n) is 2.22. The summed E-state index contributed by atoms with van der Waals surface area (Å²) in [5, 5.41) is 20.2. The van der Waals surface area contributed by atoms with Gasteiger partial charge >= 0.3 is 5.69 Å². The molecule has 1 fully saturated rings. The molecule has 8 nitrogen and oxygen atoms in total. The number of likely N-dealkylation sites (N-methyl/N-ethyl adjacent to an activating group) is 1. The molecular formula is C12H17N3O5S. The highest BCUT2D eigenvalue weighted by molar-refractivity contribution is 7.89. The molecular weight excluding hydrogens is 298 g/mol. The zero-order valence-electron chi connectivity index (χ0n) is 11.6. The molecule has 1 aliphatic heterocycles. The molecule has 0 radical (unpaired) electrons. The second-order valence-corrected chi connectivity index (χ2v) is 6.91. The van der Waals surface area contributed by atoms with Gasteiger partial charge in [-0.1, -0.05) is 0 Å². The number of aromatic hydroxyl groups is 1. The van der Waals surface area contributed by atoms with Crippen LogP contribution in [-0.4, -0.2) is 60.9 Å². The van der Waals surface area contributed by atoms with Gasteiger partial charge in [-0.05, 0) is 32.1 Å². The lowest BCUT2D eigenvalue weighted by Crippen LogP contribution is -2.34. The average molecular weight is 315 g/mol. The van der Waals surface area contributed by atoms with Crippen LogP contribution in [0.5, 0.6) is 5.75 Å². The van der Waals surface area contributed by atoms with Crippen LogP contribution in [0.4, 0.5) is 5.69 Å². The van der Waals surface area contributed by atoms with Gasteiger partial charge in [0.25, 0.3) is 0 Å². The SMILES string of the molecule is CN1CCCN(S(=O)(=O)c2ccc(O)c([N+](=O)[O-])c2)CC1. The molecule has 0 spiro atoms. The van der Waals surface area contributed by atoms with Gasteiger partial charge in [-0.2, -0.15) is 4.31 Å². The number of nitrogens with zero attached hydrogens (tertiary/aromatic N) is 3. The van der Waals surface area contributed by atoms with Crippen molar-refractivity contribution < 1.29 is 18.4 Å². The van der Waals surface area contributed by atoms with Gasteiger partial charge in [0.15, 0.2) is 5.75 Å². The third-order valence-electron chi connectivity index (χ3n) is 3.46. The molecule has 0 saturated carbocycles. The molecule has 0 aliphatic carbocycles. The molecule has 2 rings (SSSR count). The number of phenolic OH excluding ortho intramolecular Hbond substituents is 1. The van der Waals surface area contributed by atoms with Crippen LogP contribution >= 0.6 is 0 Å². The summed E-state index contributed by atoms with van der Waals surface area (Å²) in [6.45, 7) is 2.13. The van der Waals surface area contributed by atoms with Gasteiger partial charge in [-0.3, -0.25) is 10.1 Å². The van der Waals surface area contributed by atoms with Crippen LogP contribution in [0.15, 0.2) is 23.1 Å². The molecule has 1 heterocycles. The highest BCUT2D eigenvalue weighted by Crippen LogP contribution is 2.29. The summed E-state index contributed by atoms with van der Waals surface area (Å²) in [4.78, 5) is 11.9. The summed E-state index contributed by atoms with van der Waals surface area (Å²) < 4.78 is 26.4. The summed E-state index contributed by atoms with van der Waals surface area (Å²) in [5.41, 5.74) is -0.608. The zero-order valence-corrected chi connectivity index (χ0v) is 12.4. The molecule has 0 atom stereocenters. The van der Waals surface area contributed by atoms with Crippen LogP contribution in [-0.2, 0) is 10.0 Å². The highest BCUT2D eigenvalue weighted by Gasteiger charge is 2.28. The van der Waals surface area contributed by atoms with Gasteiger partial charge in [-0.15, -0.1) is 0 Å². The van der Waals surface area contributed by atoms with E-state index in [1.165, 1.54) is 10.4 Å². The number of rotatable bonds is 3. The predicted molar refractivity (Wildman–Crippen MR) is 75.6 cm³/mol. The number of hydrogen-bond donors (Lipinski definition) is 1. The summed E-state index contributed by atoms with van der Waals surface area (Å²) in [6, 6.07) is 3.13. The van der Waals surface area contributed by atoms with E-state index in [4.69, 9.17) is 0 Å². The quantitative estimate of drug-likeness (QED) is 0.648. The van der Waals surface area contributed by atoms with E-state index in [-0.39, 0.29) is 4.90 Å². The topological polar surface area (TPSA) is 104 Å². The number of hydrogen-bond acceptors (Lipinski definition) is 6. The monoisotopic (exact) mass is 315 g/mol. The minimum atomic E-state index is -3.79. The van der Waals surface area contributed by atoms with Crippen molar-refractivity contribution in [2.45, 2.75) is 11.3 Å². The average Bonchev–Trinajstić information content (AvgIpc) is 2.63. The van der Waals surface area contributed by atoms with E-state index in [1.807, 2.05) is 11.9 Å². The Morgan fingerprint density at radius 2 is 1.95 bits per heavy atom. The highest BCUT2D eigenvalue weighted by atomic mass is 32.2. The standard InChI is InChI=1S/C12H17N3O5S/c1-13-5-2-6-14(8-7-13)21(19,20)10-3-4-12(16)11(9-10)15(17)18/h3-4,9,16H,2,5-8H2,1H3. The normalized spacial score (nSPS) is 18.3. The lowest BCUT2D eigenvalue weighted by molar-refractivity contribution is -0.386. The molecule has 9 heteroatoms. The number of sulfonamides is 1. The Kier molecular flexibility index (Phi) is 4.45. The summed E-state index contributed by atoms with van der Waals surface area (Å²) in [5.74, 6) is -0.547. The minimum absolute atomic E-state index is 0.170. The second-order valence-electron chi connectivity index (χ2n) is 4.97. The molecule has 1 N–H and O–H groups in total. The molecule has 116 valence electrons. The Morgan fingerprint density at radius 3 is 2.62 bits per heavy atom. The van der Waals surface area contributed by atoms with Gasteiger partial charge in [0.05, 0.1) is 9.82 Å². The Morgan fingerprint density at radius 1 is 1.24 bits per heavy atom. The molecule has 1 aromatic carbocycles. The smallest absolute Gasteiger partial charge is 0.312 e. The van der Waals surface area contributed by atoms with E-state index in [9.17, 15) is 23.6 Å². The Labute approximate surface area is 122 Å². The first-order valence-electron chi connectivity index (χ1n) is 6.48. The summed E-state index contributed by atoms with van der Waals surface area (Å²) in [6.07, 6.45) is 0.704. The van der Waals surface area contributed by atoms with E-state index in [0.29, 0.717) is 26.1 Å². The van der Waals surface area contributed by atoms with Crippen molar-refractivity contribution in [3.63, 3.8) is 0 Å². The largest absolute Gasteiger partial charge is 0.502 e. The zero-order chi connectivity index (χ0) is 15.6. The minimum Gasteiger partial charge on any atom is -0.502 e. The lowest BCUT2D eigenvalue weighted by Gasteiger charge is -2.20. The van der Waals surface area contributed by atoms with Crippen molar-refractivity contribution in [3.8, 4) is 5.75 Å². The van der Waals surface area contributed by atoms with Crippen LogP contribution in [0, 0.1) is 10.1 Å². The van der Waals surface area contributed by atoms with Gasteiger partial charge in [0.2, 0.25) is 10.0 Å². The van der Waals surface area contributed by atoms with Crippen LogP contribution in [0.3, 0.4) is 0 Å². The maximum atomic E-state index is 12.5. The van der Waals surface area contributed by atoms with Gasteiger partial charge in [-0.25, -0.2) is 8.42 Å². The van der Waals surface area contributed by atoms with E-state index in [0.717, 1.165) is 18.7 Å². The van der Waals surface area contributed by atoms with E-state index in [1.54, 1.807) is 0 Å². The molecule has 0 amide bonds. The lowest BCUT2D eigenvalue weighted by atomic mass is 10.3. The number of nitro groups is 1. The molecule has 0 unspecified atom stereocenters. The van der Waals surface area contributed by atoms with E-state index < -0.39 is 26.4 Å². The van der Waals surface area contributed by atoms with Crippen molar-refractivity contribution in [3.05, 3.63) is 28.3 Å². The van der Waals surface area contributed by atoms with Crippen LogP contribution < -0.4 is 0 Å². The first kappa shape index (κ1) is 15.7. The maximum absolute atomic E-state index is 12.5. The van der Waals surface area contributed by atoms with Crippen LogP contribution in [0.1, 0.15) is 6.42 Å². The van der Waals surface area contributed by atoms with Crippen molar-refractivity contribution in [1.29, 1.82) is 0 Å². The van der Waals surface area contributed by atoms with Crippen LogP contribution in [0.25, 0.3) is 0 Å². The van der Waals surface area contributed by atoms with E-state index >= 15 is 0 Å². The number of benzene rings is 1. The predicted octanol–water partition coefficient (Wildman–Crippen LogP) is 0.627. The Balaban J connectivity index is 2.35. The van der Waals surface area contributed by atoms with Crippen molar-refractivity contribution in [1.82, 2.24) is 9.21 Å². The summed E-state index contributed by atoms with van der Waals surface area (Å²) in [7, 11) is -1.87. The van der Waals surface area contributed by atoms with Crippen LogP contribution in [0.2, 0.25) is 0 Å². The fraction of sp³-hybridized carbons (Fsp3) is 0.500. The number of nitro benzene ring substituents is 1. The van der Waals surface area contributed by atoms with Gasteiger partial charge < -0.3 is 10.0 Å². The number of phenols is 1. The first-order valence-corrected chi connectivity index (χ1v) is 7.92. The third kappa shape index (κ3) is 3.31. The molecule has 1 aliphatic rings. The third-order valence-corrected chi connectivity index (χ3v) is 5.35. The van der Waals surface area contributed by atoms with Gasteiger partial charge in [0, 0.05) is 25.7 Å². The Hall–Kier alpha value is -1.71. The molecule has 1 saturated heterocycles.